The van der Waals surface area contributed by atoms with Gasteiger partial charge in [0.25, 0.3) is 5.91 Å². The smallest absolute Gasteiger partial charge is 0.254 e. The standard InChI is InChI=1S/C15H20ClNO/c1-11-6-7-17(12(2)8-11)15(18)14-5-3-4-13(9-14)10-16/h3-5,9,11-12H,6-8,10H2,1-2H3. The molecule has 3 heteroatoms. The number of rotatable bonds is 2. The van der Waals surface area contributed by atoms with Gasteiger partial charge in [-0.2, -0.15) is 0 Å². The molecule has 2 atom stereocenters. The highest BCUT2D eigenvalue weighted by molar-refractivity contribution is 6.17. The van der Waals surface area contributed by atoms with Crippen molar-refractivity contribution < 1.29 is 4.79 Å². The van der Waals surface area contributed by atoms with Crippen molar-refractivity contribution >= 4 is 17.5 Å². The van der Waals surface area contributed by atoms with E-state index in [-0.39, 0.29) is 5.91 Å². The zero-order valence-electron chi connectivity index (χ0n) is 11.0. The van der Waals surface area contributed by atoms with Gasteiger partial charge in [-0.15, -0.1) is 11.6 Å². The third-order valence-electron chi connectivity index (χ3n) is 3.73. The number of carbonyl (C=O) groups is 1. The number of nitrogens with zero attached hydrogens (tertiary/aromatic N) is 1. The van der Waals surface area contributed by atoms with Crippen LogP contribution in [0.25, 0.3) is 0 Å². The van der Waals surface area contributed by atoms with Crippen LogP contribution < -0.4 is 0 Å². The largest absolute Gasteiger partial charge is 0.336 e. The maximum atomic E-state index is 12.5. The number of halogens is 1. The number of hydrogen-bond acceptors (Lipinski definition) is 1. The first-order valence-electron chi connectivity index (χ1n) is 6.57. The molecule has 0 aromatic heterocycles. The fourth-order valence-corrected chi connectivity index (χ4v) is 2.83. The predicted octanol–water partition coefficient (Wildman–Crippen LogP) is 3.69. The summed E-state index contributed by atoms with van der Waals surface area (Å²) in [5, 5.41) is 0. The minimum atomic E-state index is 0.140. The molecule has 1 fully saturated rings. The van der Waals surface area contributed by atoms with Crippen LogP contribution in [0.3, 0.4) is 0 Å². The van der Waals surface area contributed by atoms with Crippen molar-refractivity contribution in [2.24, 2.45) is 5.92 Å². The molecule has 1 aliphatic rings. The molecule has 0 saturated carbocycles. The number of likely N-dealkylation sites (tertiary alicyclic amines) is 1. The topological polar surface area (TPSA) is 20.3 Å². The van der Waals surface area contributed by atoms with Gasteiger partial charge in [-0.05, 0) is 43.4 Å². The van der Waals surface area contributed by atoms with Gasteiger partial charge >= 0.3 is 0 Å². The van der Waals surface area contributed by atoms with Gasteiger partial charge in [-0.1, -0.05) is 19.1 Å². The molecule has 98 valence electrons. The fraction of sp³-hybridized carbons (Fsp3) is 0.533. The summed E-state index contributed by atoms with van der Waals surface area (Å²) in [7, 11) is 0. The van der Waals surface area contributed by atoms with Gasteiger partial charge in [0.05, 0.1) is 0 Å². The van der Waals surface area contributed by atoms with E-state index in [4.69, 9.17) is 11.6 Å². The molecule has 1 saturated heterocycles. The summed E-state index contributed by atoms with van der Waals surface area (Å²) in [6.07, 6.45) is 2.20. The molecule has 1 amide bonds. The van der Waals surface area contributed by atoms with E-state index >= 15 is 0 Å². The molecule has 1 aromatic rings. The fourth-order valence-electron chi connectivity index (χ4n) is 2.66. The molecule has 0 radical (unpaired) electrons. The first kappa shape index (κ1) is 13.4. The Balaban J connectivity index is 2.15. The Morgan fingerprint density at radius 2 is 2.22 bits per heavy atom. The second-order valence-corrected chi connectivity index (χ2v) is 5.58. The number of hydrogen-bond donors (Lipinski definition) is 0. The lowest BCUT2D eigenvalue weighted by Gasteiger charge is -2.36. The first-order chi connectivity index (χ1) is 8.61. The molecule has 0 N–H and O–H groups in total. The summed E-state index contributed by atoms with van der Waals surface area (Å²) in [5.41, 5.74) is 1.76. The molecular weight excluding hydrogens is 246 g/mol. The molecule has 0 aliphatic carbocycles. The second-order valence-electron chi connectivity index (χ2n) is 5.31. The molecule has 1 aliphatic heterocycles. The summed E-state index contributed by atoms with van der Waals surface area (Å²) in [6, 6.07) is 7.97. The Morgan fingerprint density at radius 1 is 1.44 bits per heavy atom. The van der Waals surface area contributed by atoms with E-state index in [0.717, 1.165) is 36.4 Å². The van der Waals surface area contributed by atoms with Crippen LogP contribution in [0.5, 0.6) is 0 Å². The lowest BCUT2D eigenvalue weighted by molar-refractivity contribution is 0.0588. The van der Waals surface area contributed by atoms with Crippen LogP contribution in [-0.2, 0) is 5.88 Å². The highest BCUT2D eigenvalue weighted by Crippen LogP contribution is 2.24. The number of amides is 1. The SMILES string of the molecule is CC1CCN(C(=O)c2cccc(CCl)c2)C(C)C1. The Bertz CT molecular complexity index is 432. The Labute approximate surface area is 114 Å². The minimum absolute atomic E-state index is 0.140. The van der Waals surface area contributed by atoms with E-state index in [2.05, 4.69) is 13.8 Å². The van der Waals surface area contributed by atoms with Crippen LogP contribution in [0.1, 0.15) is 42.6 Å². The third-order valence-corrected chi connectivity index (χ3v) is 4.04. The summed E-state index contributed by atoms with van der Waals surface area (Å²) >= 11 is 5.81. The van der Waals surface area contributed by atoms with Crippen LogP contribution >= 0.6 is 11.6 Å². The van der Waals surface area contributed by atoms with Crippen molar-refractivity contribution in [3.05, 3.63) is 35.4 Å². The van der Waals surface area contributed by atoms with E-state index < -0.39 is 0 Å². The lowest BCUT2D eigenvalue weighted by atomic mass is 9.93. The zero-order valence-corrected chi connectivity index (χ0v) is 11.8. The van der Waals surface area contributed by atoms with Gasteiger partial charge in [0.2, 0.25) is 0 Å². The Hall–Kier alpha value is -1.02. The molecule has 0 spiro atoms. The van der Waals surface area contributed by atoms with Gasteiger partial charge in [0, 0.05) is 24.0 Å². The highest BCUT2D eigenvalue weighted by atomic mass is 35.5. The van der Waals surface area contributed by atoms with Gasteiger partial charge < -0.3 is 4.90 Å². The highest BCUT2D eigenvalue weighted by Gasteiger charge is 2.27. The van der Waals surface area contributed by atoms with E-state index in [0.29, 0.717) is 11.9 Å². The van der Waals surface area contributed by atoms with E-state index in [1.54, 1.807) is 0 Å². The Morgan fingerprint density at radius 3 is 2.89 bits per heavy atom. The van der Waals surface area contributed by atoms with Crippen molar-refractivity contribution in [2.75, 3.05) is 6.54 Å². The van der Waals surface area contributed by atoms with Crippen molar-refractivity contribution in [1.29, 1.82) is 0 Å². The summed E-state index contributed by atoms with van der Waals surface area (Å²) in [6.45, 7) is 5.26. The minimum Gasteiger partial charge on any atom is -0.336 e. The maximum absolute atomic E-state index is 12.5. The van der Waals surface area contributed by atoms with Gasteiger partial charge in [0.15, 0.2) is 0 Å². The molecule has 2 rings (SSSR count). The number of alkyl halides is 1. The van der Waals surface area contributed by atoms with Gasteiger partial charge in [-0.3, -0.25) is 4.79 Å². The van der Waals surface area contributed by atoms with Gasteiger partial charge in [0.1, 0.15) is 0 Å². The number of benzene rings is 1. The van der Waals surface area contributed by atoms with Crippen LogP contribution in [0.4, 0.5) is 0 Å². The number of piperidine rings is 1. The van der Waals surface area contributed by atoms with Crippen molar-refractivity contribution in [2.45, 2.75) is 38.6 Å². The van der Waals surface area contributed by atoms with Crippen molar-refractivity contribution in [3.8, 4) is 0 Å². The van der Waals surface area contributed by atoms with Crippen LogP contribution in [0, 0.1) is 5.92 Å². The van der Waals surface area contributed by atoms with Crippen LogP contribution in [-0.4, -0.2) is 23.4 Å². The molecular formula is C15H20ClNO. The Kier molecular flexibility index (Phi) is 4.28. The predicted molar refractivity (Wildman–Crippen MR) is 74.9 cm³/mol. The third kappa shape index (κ3) is 2.86. The summed E-state index contributed by atoms with van der Waals surface area (Å²) in [4.78, 5) is 14.5. The molecule has 1 aromatic carbocycles. The van der Waals surface area contributed by atoms with Crippen molar-refractivity contribution in [3.63, 3.8) is 0 Å². The molecule has 1 heterocycles. The molecule has 0 bridgehead atoms. The summed E-state index contributed by atoms with van der Waals surface area (Å²) in [5.74, 6) is 1.31. The van der Waals surface area contributed by atoms with Crippen LogP contribution in [0.2, 0.25) is 0 Å². The zero-order chi connectivity index (χ0) is 13.1. The quantitative estimate of drug-likeness (QED) is 0.747. The molecule has 2 nitrogen and oxygen atoms in total. The lowest BCUT2D eigenvalue weighted by Crippen LogP contribution is -2.44. The maximum Gasteiger partial charge on any atom is 0.254 e. The molecule has 2 unspecified atom stereocenters. The molecule has 18 heavy (non-hydrogen) atoms. The normalized spacial score (nSPS) is 24.1. The van der Waals surface area contributed by atoms with Crippen molar-refractivity contribution in [1.82, 2.24) is 4.90 Å². The van der Waals surface area contributed by atoms with Gasteiger partial charge in [-0.25, -0.2) is 0 Å². The first-order valence-corrected chi connectivity index (χ1v) is 7.11. The number of carbonyl (C=O) groups excluding carboxylic acids is 1. The second kappa shape index (κ2) is 5.75. The summed E-state index contributed by atoms with van der Waals surface area (Å²) < 4.78 is 0. The average Bonchev–Trinajstić information content (AvgIpc) is 2.38. The van der Waals surface area contributed by atoms with E-state index in [1.807, 2.05) is 29.2 Å². The van der Waals surface area contributed by atoms with Crippen LogP contribution in [0.15, 0.2) is 24.3 Å². The van der Waals surface area contributed by atoms with E-state index in [9.17, 15) is 4.79 Å². The average molecular weight is 266 g/mol. The van der Waals surface area contributed by atoms with E-state index in [1.165, 1.54) is 0 Å². The monoisotopic (exact) mass is 265 g/mol.